The van der Waals surface area contributed by atoms with Crippen LogP contribution in [0, 0.1) is 5.92 Å². The zero-order chi connectivity index (χ0) is 22.0. The van der Waals surface area contributed by atoms with Crippen LogP contribution in [-0.2, 0) is 0 Å². The molecule has 1 aliphatic rings. The fourth-order valence-electron chi connectivity index (χ4n) is 3.86. The van der Waals surface area contributed by atoms with Crippen molar-refractivity contribution in [2.75, 3.05) is 32.6 Å². The molecule has 0 radical (unpaired) electrons. The van der Waals surface area contributed by atoms with E-state index in [1.54, 1.807) is 26.4 Å². The number of hydrogen-bond acceptors (Lipinski definition) is 5. The number of rotatable bonds is 5. The number of pyridine rings is 1. The van der Waals surface area contributed by atoms with Crippen LogP contribution in [0.3, 0.4) is 0 Å². The molecular weight excluding hydrogens is 414 g/mol. The van der Waals surface area contributed by atoms with Gasteiger partial charge in [-0.1, -0.05) is 24.6 Å². The summed E-state index contributed by atoms with van der Waals surface area (Å²) in [5.74, 6) is 1.74. The first kappa shape index (κ1) is 21.2. The van der Waals surface area contributed by atoms with Gasteiger partial charge in [0.15, 0.2) is 11.5 Å². The van der Waals surface area contributed by atoms with E-state index in [4.69, 9.17) is 21.1 Å². The van der Waals surface area contributed by atoms with Crippen LogP contribution in [0.25, 0.3) is 10.9 Å². The molecule has 1 aromatic heterocycles. The summed E-state index contributed by atoms with van der Waals surface area (Å²) in [6.07, 6.45) is 2.02. The molecule has 3 aromatic rings. The largest absolute Gasteiger partial charge is 0.493 e. The standard InChI is InChI=1S/C24H26ClN3O3/c1-15-7-9-28(10-8-15)24(29)21-13-19(26-17-6-4-5-16(25)11-17)18-12-22(30-2)23(31-3)14-20(18)27-21/h4-6,11-15H,7-10H2,1-3H3,(H,26,27). The number of hydrogen-bond donors (Lipinski definition) is 1. The molecule has 162 valence electrons. The Hall–Kier alpha value is -2.99. The molecule has 7 heteroatoms. The first-order chi connectivity index (χ1) is 15.0. The lowest BCUT2D eigenvalue weighted by Gasteiger charge is -2.30. The number of carbonyl (C=O) groups excluding carboxylic acids is 1. The van der Waals surface area contributed by atoms with Gasteiger partial charge in [0.2, 0.25) is 0 Å². The van der Waals surface area contributed by atoms with Crippen molar-refractivity contribution in [3.05, 3.63) is 53.2 Å². The third-order valence-corrected chi connectivity index (χ3v) is 5.94. The predicted molar refractivity (Wildman–Crippen MR) is 124 cm³/mol. The lowest BCUT2D eigenvalue weighted by atomic mass is 9.99. The Morgan fingerprint density at radius 3 is 2.48 bits per heavy atom. The van der Waals surface area contributed by atoms with E-state index in [0.29, 0.717) is 33.7 Å². The predicted octanol–water partition coefficient (Wildman–Crippen LogP) is 5.52. The van der Waals surface area contributed by atoms with Gasteiger partial charge >= 0.3 is 0 Å². The number of nitrogens with zero attached hydrogens (tertiary/aromatic N) is 2. The third-order valence-electron chi connectivity index (χ3n) is 5.71. The maximum Gasteiger partial charge on any atom is 0.272 e. The Morgan fingerprint density at radius 1 is 1.10 bits per heavy atom. The summed E-state index contributed by atoms with van der Waals surface area (Å²) in [7, 11) is 3.18. The van der Waals surface area contributed by atoms with Crippen LogP contribution in [0.15, 0.2) is 42.5 Å². The molecule has 1 amide bonds. The zero-order valence-corrected chi connectivity index (χ0v) is 18.7. The number of amides is 1. The quantitative estimate of drug-likeness (QED) is 0.567. The number of ether oxygens (including phenoxy) is 2. The average Bonchev–Trinajstić information content (AvgIpc) is 2.78. The molecular formula is C24H26ClN3O3. The van der Waals surface area contributed by atoms with Crippen LogP contribution in [-0.4, -0.2) is 43.1 Å². The highest BCUT2D eigenvalue weighted by Crippen LogP contribution is 2.36. The molecule has 31 heavy (non-hydrogen) atoms. The highest BCUT2D eigenvalue weighted by molar-refractivity contribution is 6.30. The number of aromatic nitrogens is 1. The second-order valence-electron chi connectivity index (χ2n) is 7.89. The Kier molecular flexibility index (Phi) is 6.18. The van der Waals surface area contributed by atoms with Crippen LogP contribution in [0.2, 0.25) is 5.02 Å². The van der Waals surface area contributed by atoms with Crippen LogP contribution in [0.4, 0.5) is 11.4 Å². The van der Waals surface area contributed by atoms with Gasteiger partial charge < -0.3 is 19.7 Å². The van der Waals surface area contributed by atoms with Crippen molar-refractivity contribution in [1.29, 1.82) is 0 Å². The molecule has 1 saturated heterocycles. The lowest BCUT2D eigenvalue weighted by Crippen LogP contribution is -2.38. The van der Waals surface area contributed by atoms with Gasteiger partial charge in [-0.05, 0) is 49.1 Å². The molecule has 1 fully saturated rings. The van der Waals surface area contributed by atoms with Gasteiger partial charge in [-0.15, -0.1) is 0 Å². The van der Waals surface area contributed by atoms with E-state index in [1.165, 1.54) is 0 Å². The van der Waals surface area contributed by atoms with Gasteiger partial charge in [-0.2, -0.15) is 0 Å². The molecule has 0 aliphatic carbocycles. The van der Waals surface area contributed by atoms with Gasteiger partial charge in [-0.25, -0.2) is 4.98 Å². The molecule has 0 spiro atoms. The minimum atomic E-state index is -0.0577. The second-order valence-corrected chi connectivity index (χ2v) is 8.33. The summed E-state index contributed by atoms with van der Waals surface area (Å²) in [4.78, 5) is 19.8. The second kappa shape index (κ2) is 9.02. The van der Waals surface area contributed by atoms with Gasteiger partial charge in [0.05, 0.1) is 25.4 Å². The summed E-state index contributed by atoms with van der Waals surface area (Å²) in [5, 5.41) is 4.84. The van der Waals surface area contributed by atoms with E-state index in [-0.39, 0.29) is 5.91 Å². The van der Waals surface area contributed by atoms with E-state index in [1.807, 2.05) is 35.2 Å². The summed E-state index contributed by atoms with van der Waals surface area (Å²) in [5.41, 5.74) is 2.62. The Balaban J connectivity index is 1.80. The van der Waals surface area contributed by atoms with Crippen molar-refractivity contribution in [3.8, 4) is 11.5 Å². The minimum absolute atomic E-state index is 0.0577. The number of halogens is 1. The van der Waals surface area contributed by atoms with Gasteiger partial charge in [0, 0.05) is 35.3 Å². The number of nitrogens with one attached hydrogen (secondary N) is 1. The topological polar surface area (TPSA) is 63.7 Å². The molecule has 2 aromatic carbocycles. The number of benzene rings is 2. The smallest absolute Gasteiger partial charge is 0.272 e. The van der Waals surface area contributed by atoms with Gasteiger partial charge in [-0.3, -0.25) is 4.79 Å². The van der Waals surface area contributed by atoms with Crippen LogP contribution in [0.5, 0.6) is 11.5 Å². The SMILES string of the molecule is COc1cc2nc(C(=O)N3CCC(C)CC3)cc(Nc3cccc(Cl)c3)c2cc1OC. The molecule has 1 N–H and O–H groups in total. The average molecular weight is 440 g/mol. The fraction of sp³-hybridized carbons (Fsp3) is 0.333. The maximum atomic E-state index is 13.2. The van der Waals surface area contributed by atoms with Crippen molar-refractivity contribution in [2.45, 2.75) is 19.8 Å². The summed E-state index contributed by atoms with van der Waals surface area (Å²) < 4.78 is 10.9. The molecule has 1 aliphatic heterocycles. The molecule has 0 atom stereocenters. The summed E-state index contributed by atoms with van der Waals surface area (Å²) >= 11 is 6.16. The van der Waals surface area contributed by atoms with Gasteiger partial charge in [0.25, 0.3) is 5.91 Å². The molecule has 0 bridgehead atoms. The molecule has 0 saturated carbocycles. The summed E-state index contributed by atoms with van der Waals surface area (Å²) in [6, 6.07) is 12.9. The van der Waals surface area contributed by atoms with Crippen molar-refractivity contribution in [2.24, 2.45) is 5.92 Å². The van der Waals surface area contributed by atoms with Crippen molar-refractivity contribution < 1.29 is 14.3 Å². The zero-order valence-electron chi connectivity index (χ0n) is 17.9. The number of carbonyl (C=O) groups is 1. The van der Waals surface area contributed by atoms with E-state index in [2.05, 4.69) is 17.2 Å². The van der Waals surface area contributed by atoms with E-state index in [0.717, 1.165) is 42.7 Å². The van der Waals surface area contributed by atoms with Crippen LogP contribution in [0.1, 0.15) is 30.3 Å². The highest BCUT2D eigenvalue weighted by atomic mass is 35.5. The molecule has 0 unspecified atom stereocenters. The maximum absolute atomic E-state index is 13.2. The monoisotopic (exact) mass is 439 g/mol. The van der Waals surface area contributed by atoms with Crippen molar-refractivity contribution in [1.82, 2.24) is 9.88 Å². The molecule has 2 heterocycles. The Morgan fingerprint density at radius 2 is 1.81 bits per heavy atom. The number of fused-ring (bicyclic) bond motifs is 1. The van der Waals surface area contributed by atoms with E-state index in [9.17, 15) is 4.79 Å². The van der Waals surface area contributed by atoms with Crippen LogP contribution < -0.4 is 14.8 Å². The molecule has 4 rings (SSSR count). The normalized spacial score (nSPS) is 14.5. The summed E-state index contributed by atoms with van der Waals surface area (Å²) in [6.45, 7) is 3.73. The number of anilines is 2. The first-order valence-corrected chi connectivity index (χ1v) is 10.7. The number of likely N-dealkylation sites (tertiary alicyclic amines) is 1. The third kappa shape index (κ3) is 4.54. The van der Waals surface area contributed by atoms with Crippen molar-refractivity contribution >= 4 is 39.8 Å². The van der Waals surface area contributed by atoms with Gasteiger partial charge in [0.1, 0.15) is 5.69 Å². The van der Waals surface area contributed by atoms with Crippen LogP contribution >= 0.6 is 11.6 Å². The minimum Gasteiger partial charge on any atom is -0.493 e. The Labute approximate surface area is 187 Å². The Bertz CT molecular complexity index is 1110. The lowest BCUT2D eigenvalue weighted by molar-refractivity contribution is 0.0691. The van der Waals surface area contributed by atoms with Crippen molar-refractivity contribution in [3.63, 3.8) is 0 Å². The fourth-order valence-corrected chi connectivity index (χ4v) is 4.05. The number of methoxy groups -OCH3 is 2. The van der Waals surface area contributed by atoms with E-state index >= 15 is 0 Å². The van der Waals surface area contributed by atoms with E-state index < -0.39 is 0 Å². The number of piperidine rings is 1. The molecule has 6 nitrogen and oxygen atoms in total. The first-order valence-electron chi connectivity index (χ1n) is 10.4. The highest BCUT2D eigenvalue weighted by Gasteiger charge is 2.24.